The van der Waals surface area contributed by atoms with Crippen LogP contribution in [0.25, 0.3) is 11.0 Å². The molecule has 1 aliphatic heterocycles. The summed E-state index contributed by atoms with van der Waals surface area (Å²) >= 11 is 0. The fourth-order valence-corrected chi connectivity index (χ4v) is 2.55. The maximum absolute atomic E-state index is 12.3. The van der Waals surface area contributed by atoms with E-state index in [1.165, 1.54) is 0 Å². The smallest absolute Gasteiger partial charge is 0.262 e. The molecular formula is C13H18BN5O. The second kappa shape index (κ2) is 4.18. The number of aromatic nitrogens is 4. The van der Waals surface area contributed by atoms with Gasteiger partial charge >= 0.3 is 0 Å². The summed E-state index contributed by atoms with van der Waals surface area (Å²) in [5.41, 5.74) is 1.03. The molecule has 3 heterocycles. The Morgan fingerprint density at radius 3 is 2.55 bits per heavy atom. The van der Waals surface area contributed by atoms with Gasteiger partial charge in [0, 0.05) is 5.92 Å². The van der Waals surface area contributed by atoms with E-state index in [2.05, 4.69) is 15.1 Å². The molecule has 6 nitrogen and oxygen atoms in total. The highest BCUT2D eigenvalue weighted by molar-refractivity contribution is 6.05. The van der Waals surface area contributed by atoms with Crippen LogP contribution in [0.1, 0.15) is 38.2 Å². The minimum absolute atomic E-state index is 0.117. The van der Waals surface area contributed by atoms with E-state index in [1.54, 1.807) is 4.81 Å². The van der Waals surface area contributed by atoms with E-state index in [4.69, 9.17) is 7.98 Å². The lowest BCUT2D eigenvalue weighted by atomic mass is 9.95. The van der Waals surface area contributed by atoms with Gasteiger partial charge < -0.3 is 9.79 Å². The number of hydrogen-bond acceptors (Lipinski definition) is 4. The van der Waals surface area contributed by atoms with Crippen molar-refractivity contribution in [1.29, 1.82) is 0 Å². The Balaban J connectivity index is 2.21. The Morgan fingerprint density at radius 1 is 1.35 bits per heavy atom. The summed E-state index contributed by atoms with van der Waals surface area (Å²) in [6.07, 6.45) is 0. The molecule has 0 aromatic carbocycles. The van der Waals surface area contributed by atoms with Gasteiger partial charge in [-0.2, -0.15) is 5.10 Å². The number of rotatable bonds is 1. The zero-order valence-corrected chi connectivity index (χ0v) is 12.3. The first-order valence-electron chi connectivity index (χ1n) is 6.77. The number of aryl methyl sites for hydroxylation is 1. The molecule has 104 valence electrons. The minimum Gasteiger partial charge on any atom is -0.352 e. The van der Waals surface area contributed by atoms with Crippen LogP contribution in [0, 0.1) is 6.92 Å². The molecule has 2 aromatic heterocycles. The monoisotopic (exact) mass is 271 g/mol. The highest BCUT2D eigenvalue weighted by Crippen LogP contribution is 2.25. The average Bonchev–Trinajstić information content (AvgIpc) is 2.62. The lowest BCUT2D eigenvalue weighted by molar-refractivity contribution is 0.267. The standard InChI is InChI=1S/C13H18BN5O/c1-7-9-11(19(17-7)13(2,3)4)15-10(16-12(9)20)8-5-18(14)6-8/h8H,5-6H2,1-4H3,(H,15,16,20). The molecular weight excluding hydrogens is 253 g/mol. The zero-order chi connectivity index (χ0) is 14.7. The number of nitrogens with one attached hydrogen (secondary N) is 1. The average molecular weight is 271 g/mol. The molecule has 1 aliphatic rings. The van der Waals surface area contributed by atoms with E-state index in [-0.39, 0.29) is 17.0 Å². The number of fused-ring (bicyclic) bond motifs is 1. The van der Waals surface area contributed by atoms with Crippen molar-refractivity contribution in [3.8, 4) is 0 Å². The minimum atomic E-state index is -0.218. The van der Waals surface area contributed by atoms with Crippen molar-refractivity contribution >= 4 is 19.0 Å². The lowest BCUT2D eigenvalue weighted by Gasteiger charge is -2.36. The molecule has 0 unspecified atom stereocenters. The van der Waals surface area contributed by atoms with Crippen LogP contribution in [-0.4, -0.2) is 45.6 Å². The Morgan fingerprint density at radius 2 is 2.00 bits per heavy atom. The third-order valence-corrected chi connectivity index (χ3v) is 3.66. The maximum Gasteiger partial charge on any atom is 0.262 e. The van der Waals surface area contributed by atoms with Crippen LogP contribution in [0.15, 0.2) is 4.79 Å². The number of aromatic amines is 1. The summed E-state index contributed by atoms with van der Waals surface area (Å²) in [6.45, 7) is 9.42. The van der Waals surface area contributed by atoms with E-state index in [0.717, 1.165) is 13.1 Å². The first kappa shape index (κ1) is 13.4. The Kier molecular flexibility index (Phi) is 2.79. The third-order valence-electron chi connectivity index (χ3n) is 3.66. The summed E-state index contributed by atoms with van der Waals surface area (Å²) in [4.78, 5) is 21.5. The van der Waals surface area contributed by atoms with Gasteiger partial charge in [-0.1, -0.05) is 0 Å². The first-order chi connectivity index (χ1) is 9.27. The highest BCUT2D eigenvalue weighted by Gasteiger charge is 2.29. The molecule has 0 spiro atoms. The van der Waals surface area contributed by atoms with E-state index >= 15 is 0 Å². The quantitative estimate of drug-likeness (QED) is 0.774. The molecule has 1 saturated heterocycles. The van der Waals surface area contributed by atoms with E-state index < -0.39 is 0 Å². The van der Waals surface area contributed by atoms with Gasteiger partial charge in [0.05, 0.1) is 11.2 Å². The van der Waals surface area contributed by atoms with Crippen molar-refractivity contribution in [2.24, 2.45) is 0 Å². The molecule has 2 aromatic rings. The van der Waals surface area contributed by atoms with Crippen LogP contribution in [-0.2, 0) is 5.54 Å². The summed E-state index contributed by atoms with van der Waals surface area (Å²) < 4.78 is 1.83. The molecule has 7 heteroatoms. The molecule has 0 bridgehead atoms. The number of hydrogen-bond donors (Lipinski definition) is 1. The summed E-state index contributed by atoms with van der Waals surface area (Å²) in [5.74, 6) is 0.898. The van der Waals surface area contributed by atoms with Crippen LogP contribution in [0.2, 0.25) is 0 Å². The van der Waals surface area contributed by atoms with Gasteiger partial charge in [-0.15, -0.1) is 0 Å². The van der Waals surface area contributed by atoms with Crippen molar-refractivity contribution < 1.29 is 0 Å². The van der Waals surface area contributed by atoms with Crippen molar-refractivity contribution in [1.82, 2.24) is 24.6 Å². The van der Waals surface area contributed by atoms with Gasteiger partial charge in [0.2, 0.25) is 0 Å². The molecule has 3 rings (SSSR count). The predicted octanol–water partition coefficient (Wildman–Crippen LogP) is 0.666. The maximum atomic E-state index is 12.3. The normalized spacial score (nSPS) is 17.6. The molecule has 0 saturated carbocycles. The molecule has 1 N–H and O–H groups in total. The molecule has 0 amide bonds. The highest BCUT2D eigenvalue weighted by atomic mass is 16.1. The van der Waals surface area contributed by atoms with Crippen LogP contribution >= 0.6 is 0 Å². The summed E-state index contributed by atoms with van der Waals surface area (Å²) in [6, 6.07) is 0. The van der Waals surface area contributed by atoms with Crippen molar-refractivity contribution in [2.45, 2.75) is 39.2 Å². The Labute approximate surface area is 118 Å². The van der Waals surface area contributed by atoms with Crippen molar-refractivity contribution in [3.05, 3.63) is 21.9 Å². The fourth-order valence-electron chi connectivity index (χ4n) is 2.55. The Bertz CT molecular complexity index is 721. The van der Waals surface area contributed by atoms with Gasteiger partial charge in [0.1, 0.15) is 11.2 Å². The van der Waals surface area contributed by atoms with E-state index in [0.29, 0.717) is 22.6 Å². The molecule has 2 radical (unpaired) electrons. The topological polar surface area (TPSA) is 66.8 Å². The van der Waals surface area contributed by atoms with Gasteiger partial charge in [0.25, 0.3) is 5.56 Å². The zero-order valence-electron chi connectivity index (χ0n) is 12.3. The SMILES string of the molecule is [B]N1CC(c2nc3c(c(C)nn3C(C)(C)C)c(=O)[nH]2)C1. The van der Waals surface area contributed by atoms with E-state index in [9.17, 15) is 4.79 Å². The second-order valence-electron chi connectivity index (χ2n) is 6.47. The third kappa shape index (κ3) is 1.97. The van der Waals surface area contributed by atoms with Crippen molar-refractivity contribution in [3.63, 3.8) is 0 Å². The van der Waals surface area contributed by atoms with E-state index in [1.807, 2.05) is 32.4 Å². The summed E-state index contributed by atoms with van der Waals surface area (Å²) in [5, 5.41) is 5.06. The second-order valence-corrected chi connectivity index (χ2v) is 6.47. The van der Waals surface area contributed by atoms with Gasteiger partial charge in [0.15, 0.2) is 13.6 Å². The molecule has 0 aliphatic carbocycles. The fraction of sp³-hybridized carbons (Fsp3) is 0.615. The van der Waals surface area contributed by atoms with Gasteiger partial charge in [-0.25, -0.2) is 9.67 Å². The molecule has 1 fully saturated rings. The first-order valence-corrected chi connectivity index (χ1v) is 6.77. The van der Waals surface area contributed by atoms with Crippen LogP contribution in [0.3, 0.4) is 0 Å². The van der Waals surface area contributed by atoms with Crippen LogP contribution in [0.4, 0.5) is 0 Å². The van der Waals surface area contributed by atoms with Crippen molar-refractivity contribution in [2.75, 3.05) is 13.1 Å². The summed E-state index contributed by atoms with van der Waals surface area (Å²) in [7, 11) is 5.66. The molecule has 20 heavy (non-hydrogen) atoms. The predicted molar refractivity (Wildman–Crippen MR) is 77.9 cm³/mol. The number of nitrogens with zero attached hydrogens (tertiary/aromatic N) is 4. The van der Waals surface area contributed by atoms with Crippen LogP contribution < -0.4 is 5.56 Å². The Hall–Kier alpha value is -1.63. The lowest BCUT2D eigenvalue weighted by Crippen LogP contribution is -2.44. The van der Waals surface area contributed by atoms with Gasteiger partial charge in [-0.05, 0) is 40.8 Å². The number of H-pyrrole nitrogens is 1. The molecule has 0 atom stereocenters. The largest absolute Gasteiger partial charge is 0.352 e. The van der Waals surface area contributed by atoms with Crippen LogP contribution in [0.5, 0.6) is 0 Å². The van der Waals surface area contributed by atoms with Gasteiger partial charge in [-0.3, -0.25) is 4.79 Å².